The number of rotatable bonds is 3. The van der Waals surface area contributed by atoms with Crippen LogP contribution in [0, 0.1) is 0 Å². The fourth-order valence-electron chi connectivity index (χ4n) is 0.821. The van der Waals surface area contributed by atoms with Gasteiger partial charge >= 0.3 is 0 Å². The Morgan fingerprint density at radius 3 is 2.57 bits per heavy atom. The highest BCUT2D eigenvalue weighted by Crippen LogP contribution is 2.24. The van der Waals surface area contributed by atoms with E-state index in [1.54, 1.807) is 6.07 Å². The largest absolute Gasteiger partial charge is 0.494 e. The standard InChI is InChI=1S/C7H9BrN2O3S/c1-13-5-3-4-6(9-7(5)8)10-14(2,11)12/h3-4H,1-2H3,(H,9,10). The first-order valence-corrected chi connectivity index (χ1v) is 6.29. The monoisotopic (exact) mass is 280 g/mol. The summed E-state index contributed by atoms with van der Waals surface area (Å²) in [4.78, 5) is 3.93. The minimum absolute atomic E-state index is 0.250. The molecule has 5 nitrogen and oxygen atoms in total. The van der Waals surface area contributed by atoms with Gasteiger partial charge in [-0.1, -0.05) is 0 Å². The van der Waals surface area contributed by atoms with Crippen molar-refractivity contribution in [2.45, 2.75) is 0 Å². The minimum Gasteiger partial charge on any atom is -0.494 e. The summed E-state index contributed by atoms with van der Waals surface area (Å²) in [6.07, 6.45) is 1.06. The van der Waals surface area contributed by atoms with E-state index in [1.165, 1.54) is 13.2 Å². The Hall–Kier alpha value is -0.820. The second-order valence-electron chi connectivity index (χ2n) is 2.56. The van der Waals surface area contributed by atoms with Crippen LogP contribution in [0.4, 0.5) is 5.82 Å². The van der Waals surface area contributed by atoms with Crippen LogP contribution in [0.15, 0.2) is 16.7 Å². The van der Waals surface area contributed by atoms with Crippen LogP contribution in [0.25, 0.3) is 0 Å². The zero-order chi connectivity index (χ0) is 10.8. The highest BCUT2D eigenvalue weighted by atomic mass is 79.9. The molecule has 1 rings (SSSR count). The average molecular weight is 281 g/mol. The lowest BCUT2D eigenvalue weighted by atomic mass is 10.4. The van der Waals surface area contributed by atoms with Crippen LogP contribution in [0.1, 0.15) is 0 Å². The number of halogens is 1. The molecule has 0 saturated heterocycles. The van der Waals surface area contributed by atoms with Crippen molar-refractivity contribution in [1.82, 2.24) is 4.98 Å². The Bertz CT molecular complexity index is 433. The first-order chi connectivity index (χ1) is 6.42. The maximum Gasteiger partial charge on any atom is 0.230 e. The lowest BCUT2D eigenvalue weighted by molar-refractivity contribution is 0.410. The molecule has 0 bridgehead atoms. The van der Waals surface area contributed by atoms with E-state index in [4.69, 9.17) is 4.74 Å². The van der Waals surface area contributed by atoms with Gasteiger partial charge in [0.1, 0.15) is 10.4 Å². The van der Waals surface area contributed by atoms with Crippen molar-refractivity contribution < 1.29 is 13.2 Å². The maximum atomic E-state index is 10.9. The Balaban J connectivity index is 2.98. The zero-order valence-corrected chi connectivity index (χ0v) is 10.0. The van der Waals surface area contributed by atoms with Gasteiger partial charge in [-0.3, -0.25) is 4.72 Å². The van der Waals surface area contributed by atoms with E-state index in [0.29, 0.717) is 10.4 Å². The van der Waals surface area contributed by atoms with Gasteiger partial charge in [-0.15, -0.1) is 0 Å². The molecule has 7 heteroatoms. The molecule has 0 spiro atoms. The summed E-state index contributed by atoms with van der Waals surface area (Å²) in [5.74, 6) is 0.796. The molecule has 1 N–H and O–H groups in total. The predicted octanol–water partition coefficient (Wildman–Crippen LogP) is 1.22. The van der Waals surface area contributed by atoms with E-state index in [2.05, 4.69) is 25.6 Å². The molecule has 0 radical (unpaired) electrons. The summed E-state index contributed by atoms with van der Waals surface area (Å²) in [5, 5.41) is 0. The third-order valence-electron chi connectivity index (χ3n) is 1.32. The number of anilines is 1. The van der Waals surface area contributed by atoms with Crippen LogP contribution in [0.5, 0.6) is 5.75 Å². The van der Waals surface area contributed by atoms with Crippen molar-refractivity contribution in [1.29, 1.82) is 0 Å². The summed E-state index contributed by atoms with van der Waals surface area (Å²) in [5.41, 5.74) is 0. The smallest absolute Gasteiger partial charge is 0.230 e. The summed E-state index contributed by atoms with van der Waals surface area (Å²) in [7, 11) is -1.78. The Labute approximate surface area is 90.7 Å². The SMILES string of the molecule is COc1ccc(NS(C)(=O)=O)nc1Br. The van der Waals surface area contributed by atoms with Gasteiger partial charge in [0.15, 0.2) is 5.75 Å². The molecule has 0 saturated carbocycles. The van der Waals surface area contributed by atoms with Crippen LogP contribution in [-0.2, 0) is 10.0 Å². The van der Waals surface area contributed by atoms with Gasteiger partial charge in [0.2, 0.25) is 10.0 Å². The molecule has 0 aliphatic carbocycles. The number of aromatic nitrogens is 1. The van der Waals surface area contributed by atoms with Gasteiger partial charge in [0.25, 0.3) is 0 Å². The molecule has 0 fully saturated rings. The second kappa shape index (κ2) is 4.14. The van der Waals surface area contributed by atoms with Crippen LogP contribution in [0.3, 0.4) is 0 Å². The van der Waals surface area contributed by atoms with Crippen molar-refractivity contribution in [3.63, 3.8) is 0 Å². The molecule has 14 heavy (non-hydrogen) atoms. The predicted molar refractivity (Wildman–Crippen MR) is 57.0 cm³/mol. The van der Waals surface area contributed by atoms with Gasteiger partial charge < -0.3 is 4.74 Å². The van der Waals surface area contributed by atoms with Crippen molar-refractivity contribution in [3.05, 3.63) is 16.7 Å². The van der Waals surface area contributed by atoms with Crippen LogP contribution in [-0.4, -0.2) is 26.8 Å². The number of hydrogen-bond acceptors (Lipinski definition) is 4. The van der Waals surface area contributed by atoms with Crippen LogP contribution >= 0.6 is 15.9 Å². The van der Waals surface area contributed by atoms with E-state index in [9.17, 15) is 8.42 Å². The zero-order valence-electron chi connectivity index (χ0n) is 7.61. The summed E-state index contributed by atoms with van der Waals surface area (Å²) < 4.78 is 29.4. The first kappa shape index (κ1) is 11.3. The number of sulfonamides is 1. The van der Waals surface area contributed by atoms with E-state index in [0.717, 1.165) is 6.26 Å². The Kier molecular flexibility index (Phi) is 3.33. The van der Waals surface area contributed by atoms with E-state index >= 15 is 0 Å². The summed E-state index contributed by atoms with van der Waals surface area (Å²) in [6.45, 7) is 0. The molecule has 1 aromatic heterocycles. The Morgan fingerprint density at radius 2 is 2.14 bits per heavy atom. The van der Waals surface area contributed by atoms with E-state index in [-0.39, 0.29) is 5.82 Å². The quantitative estimate of drug-likeness (QED) is 0.846. The van der Waals surface area contributed by atoms with Crippen molar-refractivity contribution in [2.24, 2.45) is 0 Å². The Morgan fingerprint density at radius 1 is 1.50 bits per heavy atom. The fourth-order valence-corrected chi connectivity index (χ4v) is 1.80. The first-order valence-electron chi connectivity index (χ1n) is 3.60. The van der Waals surface area contributed by atoms with Gasteiger partial charge in [-0.2, -0.15) is 0 Å². The molecule has 1 aromatic rings. The molecule has 0 aliphatic rings. The van der Waals surface area contributed by atoms with E-state index < -0.39 is 10.0 Å². The van der Waals surface area contributed by atoms with Gasteiger partial charge in [0, 0.05) is 0 Å². The second-order valence-corrected chi connectivity index (χ2v) is 5.06. The fraction of sp³-hybridized carbons (Fsp3) is 0.286. The van der Waals surface area contributed by atoms with E-state index in [1.807, 2.05) is 0 Å². The number of methoxy groups -OCH3 is 1. The number of ether oxygens (including phenoxy) is 1. The molecular weight excluding hydrogens is 272 g/mol. The summed E-state index contributed by atoms with van der Waals surface area (Å²) in [6, 6.07) is 3.13. The molecule has 0 aromatic carbocycles. The van der Waals surface area contributed by atoms with Crippen molar-refractivity contribution in [2.75, 3.05) is 18.1 Å². The molecule has 0 atom stereocenters. The maximum absolute atomic E-state index is 10.9. The number of nitrogens with one attached hydrogen (secondary N) is 1. The van der Waals surface area contributed by atoms with Crippen LogP contribution < -0.4 is 9.46 Å². The molecule has 0 aliphatic heterocycles. The molecular formula is C7H9BrN2O3S. The van der Waals surface area contributed by atoms with Gasteiger partial charge in [-0.25, -0.2) is 13.4 Å². The number of nitrogens with zero attached hydrogens (tertiary/aromatic N) is 1. The lowest BCUT2D eigenvalue weighted by Gasteiger charge is -2.05. The average Bonchev–Trinajstić information content (AvgIpc) is 2.01. The highest BCUT2D eigenvalue weighted by Gasteiger charge is 2.06. The molecule has 0 unspecified atom stereocenters. The van der Waals surface area contributed by atoms with Crippen molar-refractivity contribution in [3.8, 4) is 5.75 Å². The number of hydrogen-bond donors (Lipinski definition) is 1. The van der Waals surface area contributed by atoms with Crippen molar-refractivity contribution >= 4 is 31.8 Å². The van der Waals surface area contributed by atoms with Crippen LogP contribution in [0.2, 0.25) is 0 Å². The lowest BCUT2D eigenvalue weighted by Crippen LogP contribution is -2.10. The van der Waals surface area contributed by atoms with Gasteiger partial charge in [-0.05, 0) is 28.1 Å². The summed E-state index contributed by atoms with van der Waals surface area (Å²) >= 11 is 3.14. The molecule has 78 valence electrons. The molecule has 1 heterocycles. The minimum atomic E-state index is -3.29. The third-order valence-corrected chi connectivity index (χ3v) is 2.47. The number of pyridine rings is 1. The molecule has 0 amide bonds. The third kappa shape index (κ3) is 3.15. The normalized spacial score (nSPS) is 11.1. The topological polar surface area (TPSA) is 68.3 Å². The highest BCUT2D eigenvalue weighted by molar-refractivity contribution is 9.10. The van der Waals surface area contributed by atoms with Gasteiger partial charge in [0.05, 0.1) is 13.4 Å².